The molecule has 1 aliphatic heterocycles. The van der Waals surface area contributed by atoms with Gasteiger partial charge in [-0.05, 0) is 19.8 Å². The first-order valence-corrected chi connectivity index (χ1v) is 7.62. The molecule has 7 nitrogen and oxygen atoms in total. The third kappa shape index (κ3) is 3.32. The number of carboxylic acids is 1. The van der Waals surface area contributed by atoms with Gasteiger partial charge in [0.1, 0.15) is 5.75 Å². The van der Waals surface area contributed by atoms with Crippen molar-refractivity contribution >= 4 is 16.0 Å². The number of aliphatic carboxylic acids is 1. The summed E-state index contributed by atoms with van der Waals surface area (Å²) >= 11 is 0. The topological polar surface area (TPSA) is 101 Å². The molecule has 1 fully saturated rings. The number of sulfonamides is 1. The van der Waals surface area contributed by atoms with Gasteiger partial charge in [0, 0.05) is 19.2 Å². The highest BCUT2D eigenvalue weighted by atomic mass is 32.2. The maximum absolute atomic E-state index is 12.2. The highest BCUT2D eigenvalue weighted by Crippen LogP contribution is 2.21. The zero-order valence-corrected chi connectivity index (χ0v) is 11.4. The SMILES string of the molecule is Cc1cc(CS(=O)(=O)N2CCC[C@@H](C(=O)O)C2)on1. The molecule has 0 unspecified atom stereocenters. The van der Waals surface area contributed by atoms with Crippen LogP contribution in [0.2, 0.25) is 0 Å². The molecule has 8 heteroatoms. The van der Waals surface area contributed by atoms with E-state index in [-0.39, 0.29) is 18.1 Å². The fraction of sp³-hybridized carbons (Fsp3) is 0.636. The normalized spacial score (nSPS) is 21.4. The van der Waals surface area contributed by atoms with Gasteiger partial charge >= 0.3 is 5.97 Å². The average Bonchev–Trinajstić information content (AvgIpc) is 2.74. The summed E-state index contributed by atoms with van der Waals surface area (Å²) in [7, 11) is -3.55. The van der Waals surface area contributed by atoms with E-state index in [1.54, 1.807) is 13.0 Å². The van der Waals surface area contributed by atoms with Gasteiger partial charge in [-0.15, -0.1) is 0 Å². The Bertz CT molecular complexity index is 565. The first-order chi connectivity index (χ1) is 8.88. The molecule has 1 aliphatic rings. The largest absolute Gasteiger partial charge is 0.481 e. The van der Waals surface area contributed by atoms with Gasteiger partial charge in [0.05, 0.1) is 11.6 Å². The zero-order chi connectivity index (χ0) is 14.0. The van der Waals surface area contributed by atoms with Gasteiger partial charge in [0.2, 0.25) is 10.0 Å². The minimum atomic E-state index is -3.55. The summed E-state index contributed by atoms with van der Waals surface area (Å²) in [5.41, 5.74) is 0.618. The van der Waals surface area contributed by atoms with Crippen LogP contribution in [0.1, 0.15) is 24.3 Å². The highest BCUT2D eigenvalue weighted by Gasteiger charge is 2.32. The summed E-state index contributed by atoms with van der Waals surface area (Å²) in [5, 5.41) is 12.6. The molecule has 0 spiro atoms. The van der Waals surface area contributed by atoms with Crippen LogP contribution in [0.4, 0.5) is 0 Å². The van der Waals surface area contributed by atoms with Gasteiger partial charge in [0.25, 0.3) is 0 Å². The van der Waals surface area contributed by atoms with Crippen LogP contribution >= 0.6 is 0 Å². The third-order valence-electron chi connectivity index (χ3n) is 3.13. The molecular weight excluding hydrogens is 272 g/mol. The van der Waals surface area contributed by atoms with Crippen LogP contribution in [-0.4, -0.2) is 42.0 Å². The van der Waals surface area contributed by atoms with Gasteiger partial charge in [-0.25, -0.2) is 12.7 Å². The van der Waals surface area contributed by atoms with Crippen molar-refractivity contribution in [3.05, 3.63) is 17.5 Å². The number of hydrogen-bond donors (Lipinski definition) is 1. The van der Waals surface area contributed by atoms with Crippen LogP contribution in [0.3, 0.4) is 0 Å². The molecule has 19 heavy (non-hydrogen) atoms. The molecule has 0 aliphatic carbocycles. The molecule has 0 radical (unpaired) electrons. The number of nitrogens with zero attached hydrogens (tertiary/aromatic N) is 2. The molecule has 1 N–H and O–H groups in total. The predicted molar refractivity (Wildman–Crippen MR) is 65.8 cm³/mol. The second-order valence-electron chi connectivity index (χ2n) is 4.73. The number of aryl methyl sites for hydroxylation is 1. The number of carbonyl (C=O) groups is 1. The van der Waals surface area contributed by atoms with E-state index in [0.717, 1.165) is 0 Å². The van der Waals surface area contributed by atoms with E-state index in [9.17, 15) is 13.2 Å². The van der Waals surface area contributed by atoms with E-state index in [4.69, 9.17) is 9.63 Å². The van der Waals surface area contributed by atoms with E-state index in [2.05, 4.69) is 5.16 Å². The Balaban J connectivity index is 2.08. The lowest BCUT2D eigenvalue weighted by Gasteiger charge is -2.29. The Labute approximate surface area is 111 Å². The molecule has 1 saturated heterocycles. The third-order valence-corrected chi connectivity index (χ3v) is 4.90. The van der Waals surface area contributed by atoms with Crippen molar-refractivity contribution in [2.75, 3.05) is 13.1 Å². The van der Waals surface area contributed by atoms with E-state index < -0.39 is 21.9 Å². The minimum Gasteiger partial charge on any atom is -0.481 e. The van der Waals surface area contributed by atoms with Crippen LogP contribution < -0.4 is 0 Å². The molecular formula is C11H16N2O5S. The minimum absolute atomic E-state index is 0.0325. The molecule has 1 aromatic heterocycles. The van der Waals surface area contributed by atoms with Gasteiger partial charge in [-0.2, -0.15) is 0 Å². The van der Waals surface area contributed by atoms with Crippen molar-refractivity contribution in [3.63, 3.8) is 0 Å². The quantitative estimate of drug-likeness (QED) is 0.871. The van der Waals surface area contributed by atoms with Crippen LogP contribution in [0.5, 0.6) is 0 Å². The molecule has 2 heterocycles. The van der Waals surface area contributed by atoms with E-state index in [0.29, 0.717) is 25.1 Å². The molecule has 1 aromatic rings. The zero-order valence-electron chi connectivity index (χ0n) is 10.6. The standard InChI is InChI=1S/C11H16N2O5S/c1-8-5-10(18-12-8)7-19(16,17)13-4-2-3-9(6-13)11(14)15/h5,9H,2-4,6-7H2,1H3,(H,14,15)/t9-/m1/s1. The average molecular weight is 288 g/mol. The molecule has 0 bridgehead atoms. The fourth-order valence-corrected chi connectivity index (χ4v) is 3.64. The van der Waals surface area contributed by atoms with E-state index in [1.807, 2.05) is 0 Å². The van der Waals surface area contributed by atoms with Crippen molar-refractivity contribution in [3.8, 4) is 0 Å². The van der Waals surface area contributed by atoms with E-state index >= 15 is 0 Å². The molecule has 1 atom stereocenters. The van der Waals surface area contributed by atoms with Crippen LogP contribution in [0.15, 0.2) is 10.6 Å². The smallest absolute Gasteiger partial charge is 0.307 e. The van der Waals surface area contributed by atoms with Gasteiger partial charge in [-0.1, -0.05) is 5.16 Å². The summed E-state index contributed by atoms with van der Waals surface area (Å²) in [4.78, 5) is 10.9. The summed E-state index contributed by atoms with van der Waals surface area (Å²) in [6, 6.07) is 1.57. The highest BCUT2D eigenvalue weighted by molar-refractivity contribution is 7.88. The lowest BCUT2D eigenvalue weighted by molar-refractivity contribution is -0.142. The number of carboxylic acid groups (broad SMARTS) is 1. The number of hydrogen-bond acceptors (Lipinski definition) is 5. The molecule has 2 rings (SSSR count). The van der Waals surface area contributed by atoms with Crippen molar-refractivity contribution < 1.29 is 22.8 Å². The monoisotopic (exact) mass is 288 g/mol. The number of aromatic nitrogens is 1. The Morgan fingerprint density at radius 3 is 2.95 bits per heavy atom. The van der Waals surface area contributed by atoms with Crippen LogP contribution in [0, 0.1) is 12.8 Å². The molecule has 0 saturated carbocycles. The Kier molecular flexibility index (Phi) is 3.91. The van der Waals surface area contributed by atoms with Crippen molar-refractivity contribution in [2.24, 2.45) is 5.92 Å². The van der Waals surface area contributed by atoms with E-state index in [1.165, 1.54) is 4.31 Å². The fourth-order valence-electron chi connectivity index (χ4n) is 2.15. The van der Waals surface area contributed by atoms with Crippen molar-refractivity contribution in [1.29, 1.82) is 0 Å². The maximum atomic E-state index is 12.2. The van der Waals surface area contributed by atoms with Gasteiger partial charge in [0.15, 0.2) is 5.76 Å². The van der Waals surface area contributed by atoms with Gasteiger partial charge in [-0.3, -0.25) is 4.79 Å². The second-order valence-corrected chi connectivity index (χ2v) is 6.70. The Morgan fingerprint density at radius 2 is 2.37 bits per heavy atom. The van der Waals surface area contributed by atoms with Crippen LogP contribution in [-0.2, 0) is 20.6 Å². The lowest BCUT2D eigenvalue weighted by atomic mass is 10.0. The summed E-state index contributed by atoms with van der Waals surface area (Å²) < 4.78 is 30.5. The second kappa shape index (κ2) is 5.30. The van der Waals surface area contributed by atoms with Crippen LogP contribution in [0.25, 0.3) is 0 Å². The summed E-state index contributed by atoms with van der Waals surface area (Å²) in [5.74, 6) is -1.58. The first-order valence-electron chi connectivity index (χ1n) is 6.01. The Hall–Kier alpha value is -1.41. The maximum Gasteiger partial charge on any atom is 0.307 e. The lowest BCUT2D eigenvalue weighted by Crippen LogP contribution is -2.42. The summed E-state index contributed by atoms with van der Waals surface area (Å²) in [6.07, 6.45) is 1.08. The van der Waals surface area contributed by atoms with Crippen molar-refractivity contribution in [2.45, 2.75) is 25.5 Å². The number of rotatable bonds is 4. The molecule has 106 valence electrons. The molecule has 0 aromatic carbocycles. The first kappa shape index (κ1) is 14.0. The number of piperidine rings is 1. The Morgan fingerprint density at radius 1 is 1.63 bits per heavy atom. The summed E-state index contributed by atoms with van der Waals surface area (Å²) in [6.45, 7) is 2.10. The molecule has 0 amide bonds. The predicted octanol–water partition coefficient (Wildman–Crippen LogP) is 0.609. The van der Waals surface area contributed by atoms with Gasteiger partial charge < -0.3 is 9.63 Å². The van der Waals surface area contributed by atoms with Crippen molar-refractivity contribution in [1.82, 2.24) is 9.46 Å².